The summed E-state index contributed by atoms with van der Waals surface area (Å²) < 4.78 is 12.9. The summed E-state index contributed by atoms with van der Waals surface area (Å²) in [5, 5.41) is 4.34. The van der Waals surface area contributed by atoms with E-state index in [-0.39, 0.29) is 18.2 Å². The van der Waals surface area contributed by atoms with Gasteiger partial charge in [-0.3, -0.25) is 14.2 Å². The van der Waals surface area contributed by atoms with Crippen LogP contribution in [0.1, 0.15) is 67.1 Å². The lowest BCUT2D eigenvalue weighted by molar-refractivity contribution is -0.115. The van der Waals surface area contributed by atoms with Crippen LogP contribution >= 0.6 is 11.6 Å². The number of ether oxygens (including phenoxy) is 2. The van der Waals surface area contributed by atoms with Crippen LogP contribution in [0.15, 0.2) is 66.7 Å². The normalized spacial score (nSPS) is 11.0. The highest BCUT2D eigenvalue weighted by molar-refractivity contribution is 6.30. The number of rotatable bonds is 13. The first-order valence-electron chi connectivity index (χ1n) is 13.9. The van der Waals surface area contributed by atoms with Crippen molar-refractivity contribution in [3.05, 3.63) is 88.6 Å². The van der Waals surface area contributed by atoms with Gasteiger partial charge in [0.25, 0.3) is 5.91 Å². The molecule has 1 N–H and O–H groups in total. The first-order valence-corrected chi connectivity index (χ1v) is 14.3. The van der Waals surface area contributed by atoms with Crippen molar-refractivity contribution in [3.63, 3.8) is 0 Å². The maximum atomic E-state index is 13.5. The van der Waals surface area contributed by atoms with E-state index in [1.165, 1.54) is 32.1 Å². The lowest BCUT2D eigenvalue weighted by atomic mass is 10.1. The Morgan fingerprint density at radius 1 is 0.875 bits per heavy atom. The van der Waals surface area contributed by atoms with Crippen LogP contribution in [0.5, 0.6) is 11.5 Å². The highest BCUT2D eigenvalue weighted by Crippen LogP contribution is 2.31. The standard InChI is InChI=1S/C33H37ClN2O4/c1-4-5-6-7-8-9-20-40-27-16-14-26(15-17-27)35-32(37)22-29-23(2)36(31-19-18-28(39-3)21-30(29)31)33(38)24-10-12-25(34)13-11-24/h10-19,21H,4-9,20,22H2,1-3H3,(H,35,37). The van der Waals surface area contributed by atoms with E-state index < -0.39 is 0 Å². The molecule has 0 radical (unpaired) electrons. The lowest BCUT2D eigenvalue weighted by Crippen LogP contribution is -2.16. The first kappa shape index (κ1) is 29.2. The van der Waals surface area contributed by atoms with Gasteiger partial charge in [0.15, 0.2) is 0 Å². The molecule has 3 aromatic carbocycles. The minimum Gasteiger partial charge on any atom is -0.497 e. The quantitative estimate of drug-likeness (QED) is 0.167. The van der Waals surface area contributed by atoms with E-state index in [1.807, 2.05) is 49.4 Å². The molecule has 0 unspecified atom stereocenters. The molecule has 0 aliphatic rings. The number of anilines is 1. The third-order valence-corrected chi connectivity index (χ3v) is 7.33. The van der Waals surface area contributed by atoms with Crippen molar-refractivity contribution in [2.45, 2.75) is 58.8 Å². The summed E-state index contributed by atoms with van der Waals surface area (Å²) in [6, 6.07) is 19.8. The van der Waals surface area contributed by atoms with Gasteiger partial charge in [0.05, 0.1) is 25.7 Å². The predicted molar refractivity (Wildman–Crippen MR) is 162 cm³/mol. The highest BCUT2D eigenvalue weighted by Gasteiger charge is 2.22. The highest BCUT2D eigenvalue weighted by atomic mass is 35.5. The van der Waals surface area contributed by atoms with Gasteiger partial charge in [-0.2, -0.15) is 0 Å². The van der Waals surface area contributed by atoms with E-state index in [0.717, 1.165) is 23.1 Å². The molecule has 1 aromatic heterocycles. The molecule has 0 saturated heterocycles. The van der Waals surface area contributed by atoms with Crippen LogP contribution in [0.25, 0.3) is 10.9 Å². The maximum absolute atomic E-state index is 13.5. The number of carbonyl (C=O) groups excluding carboxylic acids is 2. The van der Waals surface area contributed by atoms with Gasteiger partial charge < -0.3 is 14.8 Å². The summed E-state index contributed by atoms with van der Waals surface area (Å²) in [6.45, 7) is 4.77. The molecule has 0 spiro atoms. The Morgan fingerprint density at radius 3 is 2.25 bits per heavy atom. The number of halogens is 1. The van der Waals surface area contributed by atoms with E-state index in [2.05, 4.69) is 12.2 Å². The third-order valence-electron chi connectivity index (χ3n) is 7.08. The fraction of sp³-hybridized carbons (Fsp3) is 0.333. The van der Waals surface area contributed by atoms with E-state index >= 15 is 0 Å². The Kier molecular flexibility index (Phi) is 10.3. The SMILES string of the molecule is CCCCCCCCOc1ccc(NC(=O)Cc2c(C)n(C(=O)c3ccc(Cl)cc3)c3ccc(OC)cc23)cc1. The van der Waals surface area contributed by atoms with Crippen molar-refractivity contribution in [2.75, 3.05) is 19.0 Å². The Bertz CT molecular complexity index is 1440. The summed E-state index contributed by atoms with van der Waals surface area (Å²) in [5.74, 6) is 1.08. The number of nitrogens with zero attached hydrogens (tertiary/aromatic N) is 1. The van der Waals surface area contributed by atoms with Gasteiger partial charge in [0, 0.05) is 27.4 Å². The van der Waals surface area contributed by atoms with Gasteiger partial charge in [-0.25, -0.2) is 0 Å². The number of benzene rings is 3. The number of amides is 1. The number of fused-ring (bicyclic) bond motifs is 1. The van der Waals surface area contributed by atoms with Gasteiger partial charge in [-0.15, -0.1) is 0 Å². The molecule has 210 valence electrons. The third kappa shape index (κ3) is 7.24. The summed E-state index contributed by atoms with van der Waals surface area (Å²) in [6.07, 6.45) is 7.42. The predicted octanol–water partition coefficient (Wildman–Crippen LogP) is 8.22. The zero-order chi connectivity index (χ0) is 28.5. The summed E-state index contributed by atoms with van der Waals surface area (Å²) in [5.41, 5.74) is 3.39. The number of unbranched alkanes of at least 4 members (excludes halogenated alkanes) is 5. The number of carbonyl (C=O) groups is 2. The minimum absolute atomic E-state index is 0.104. The summed E-state index contributed by atoms with van der Waals surface area (Å²) >= 11 is 6.02. The smallest absolute Gasteiger partial charge is 0.262 e. The first-order chi connectivity index (χ1) is 19.4. The van der Waals surface area contributed by atoms with Gasteiger partial charge in [0.2, 0.25) is 5.91 Å². The van der Waals surface area contributed by atoms with E-state index in [9.17, 15) is 9.59 Å². The molecule has 0 bridgehead atoms. The largest absolute Gasteiger partial charge is 0.497 e. The Balaban J connectivity index is 1.45. The summed E-state index contributed by atoms with van der Waals surface area (Å²) in [4.78, 5) is 26.6. The van der Waals surface area contributed by atoms with Gasteiger partial charge in [-0.05, 0) is 85.6 Å². The second-order valence-corrected chi connectivity index (χ2v) is 10.4. The molecule has 1 amide bonds. The van der Waals surface area contributed by atoms with Crippen molar-refractivity contribution >= 4 is 40.0 Å². The van der Waals surface area contributed by atoms with Crippen LogP contribution in [-0.4, -0.2) is 30.1 Å². The zero-order valence-electron chi connectivity index (χ0n) is 23.5. The Hall–Kier alpha value is -3.77. The van der Waals surface area contributed by atoms with Crippen LogP contribution in [0, 0.1) is 6.92 Å². The Labute approximate surface area is 241 Å². The van der Waals surface area contributed by atoms with Gasteiger partial charge in [0.1, 0.15) is 11.5 Å². The number of nitrogens with one attached hydrogen (secondary N) is 1. The molecular weight excluding hydrogens is 524 g/mol. The topological polar surface area (TPSA) is 69.6 Å². The number of methoxy groups -OCH3 is 1. The van der Waals surface area contributed by atoms with Crippen LogP contribution in [0.4, 0.5) is 5.69 Å². The molecule has 40 heavy (non-hydrogen) atoms. The van der Waals surface area contributed by atoms with E-state index in [1.54, 1.807) is 35.9 Å². The van der Waals surface area contributed by atoms with Gasteiger partial charge in [-0.1, -0.05) is 50.6 Å². The second kappa shape index (κ2) is 14.0. The maximum Gasteiger partial charge on any atom is 0.262 e. The molecule has 0 aliphatic heterocycles. The summed E-state index contributed by atoms with van der Waals surface area (Å²) in [7, 11) is 1.59. The molecular formula is C33H37ClN2O4. The average molecular weight is 561 g/mol. The van der Waals surface area contributed by atoms with Crippen LogP contribution in [0.2, 0.25) is 5.02 Å². The Morgan fingerprint density at radius 2 is 1.55 bits per heavy atom. The number of hydrogen-bond acceptors (Lipinski definition) is 4. The minimum atomic E-state index is -0.187. The molecule has 7 heteroatoms. The van der Waals surface area contributed by atoms with Crippen molar-refractivity contribution in [2.24, 2.45) is 0 Å². The second-order valence-electron chi connectivity index (χ2n) is 9.96. The average Bonchev–Trinajstić information content (AvgIpc) is 3.23. The van der Waals surface area contributed by atoms with Crippen molar-refractivity contribution in [1.29, 1.82) is 0 Å². The number of aromatic nitrogens is 1. The van der Waals surface area contributed by atoms with E-state index in [0.29, 0.717) is 39.8 Å². The molecule has 4 rings (SSSR count). The molecule has 1 heterocycles. The van der Waals surface area contributed by atoms with Crippen molar-refractivity contribution in [3.8, 4) is 11.5 Å². The monoisotopic (exact) mass is 560 g/mol. The van der Waals surface area contributed by atoms with Gasteiger partial charge >= 0.3 is 0 Å². The molecule has 0 aliphatic carbocycles. The zero-order valence-corrected chi connectivity index (χ0v) is 24.2. The molecule has 4 aromatic rings. The molecule has 6 nitrogen and oxygen atoms in total. The number of hydrogen-bond donors (Lipinski definition) is 1. The fourth-order valence-electron chi connectivity index (χ4n) is 4.87. The molecule has 0 fully saturated rings. The molecule has 0 atom stereocenters. The van der Waals surface area contributed by atoms with Crippen molar-refractivity contribution < 1.29 is 19.1 Å². The van der Waals surface area contributed by atoms with Crippen LogP contribution < -0.4 is 14.8 Å². The van der Waals surface area contributed by atoms with Crippen LogP contribution in [0.3, 0.4) is 0 Å². The fourth-order valence-corrected chi connectivity index (χ4v) is 4.99. The molecule has 0 saturated carbocycles. The van der Waals surface area contributed by atoms with Crippen molar-refractivity contribution in [1.82, 2.24) is 4.57 Å². The lowest BCUT2D eigenvalue weighted by Gasteiger charge is -2.09. The van der Waals surface area contributed by atoms with E-state index in [4.69, 9.17) is 21.1 Å². The van der Waals surface area contributed by atoms with Crippen LogP contribution in [-0.2, 0) is 11.2 Å².